The molecule has 2 N–H and O–H groups in total. The molecule has 0 spiro atoms. The topological polar surface area (TPSA) is 175 Å². The SMILES string of the molecule is COCCO[C@@H]1[C@H](OP(=O)(O)CC[Si](C)(c2ccccc2)c2ccccc2)[C@@H](COC(c2ccccc2)(c2ccc(OC)cc2)c2ccc(OC)cc2)O[C@H]1n1cnc2c(NC(=O)c3ccccc3)ncnc21. The molecule has 2 aromatic heterocycles. The van der Waals surface area contributed by atoms with Gasteiger partial charge in [0.25, 0.3) is 5.91 Å². The van der Waals surface area contributed by atoms with E-state index in [0.717, 1.165) is 27.1 Å². The van der Waals surface area contributed by atoms with Crippen molar-refractivity contribution in [2.75, 3.05) is 52.6 Å². The Morgan fingerprint density at radius 3 is 1.82 bits per heavy atom. The fourth-order valence-electron chi connectivity index (χ4n) is 9.49. The van der Waals surface area contributed by atoms with E-state index in [0.29, 0.717) is 28.8 Å². The van der Waals surface area contributed by atoms with Gasteiger partial charge in [0.1, 0.15) is 49.8 Å². The predicted octanol–water partition coefficient (Wildman–Crippen LogP) is 8.50. The molecule has 73 heavy (non-hydrogen) atoms. The van der Waals surface area contributed by atoms with Crippen molar-refractivity contribution < 1.29 is 47.2 Å². The number of nitrogens with zero attached hydrogens (tertiary/aromatic N) is 4. The molecular weight excluding hydrogens is 962 g/mol. The van der Waals surface area contributed by atoms with Crippen molar-refractivity contribution in [3.05, 3.63) is 205 Å². The number of carbonyl (C=O) groups is 1. The minimum atomic E-state index is -4.49. The Kier molecular flexibility index (Phi) is 16.0. The number of fused-ring (bicyclic) bond motifs is 1. The summed E-state index contributed by atoms with van der Waals surface area (Å²) in [5, 5.41) is 5.12. The van der Waals surface area contributed by atoms with E-state index in [-0.39, 0.29) is 43.2 Å². The highest BCUT2D eigenvalue weighted by atomic mass is 31.2. The summed E-state index contributed by atoms with van der Waals surface area (Å²) in [5.74, 6) is 1.11. The zero-order valence-electron chi connectivity index (χ0n) is 41.0. The maximum absolute atomic E-state index is 15.0. The van der Waals surface area contributed by atoms with E-state index < -0.39 is 45.8 Å². The standard InChI is InChI=1S/C56H58N5O10PSi/c1-65-33-34-68-51-50(71-72(63,64)35-36-73(4,46-21-13-7-14-22-46)47-23-15-8-16-24-47)48(70-55(51)61-39-59-49-52(57-38-58-53(49)61)60-54(62)40-17-9-5-10-18-40)37-69-56(41-19-11-6-12-20-41,42-25-29-44(66-2)30-26-42)43-27-31-45(67-3)32-28-43/h5-32,38-39,48,50-51,55H,33-37H2,1-4H3,(H,63,64)(H,57,58,60,62)/t48-,50-,51-,55-/m1/s1. The molecule has 1 aliphatic rings. The summed E-state index contributed by atoms with van der Waals surface area (Å²) in [6, 6.07) is 54.6. The number of methoxy groups -OCH3 is 3. The number of amides is 1. The number of ether oxygens (including phenoxy) is 6. The van der Waals surface area contributed by atoms with Crippen molar-refractivity contribution in [1.82, 2.24) is 19.5 Å². The first-order valence-corrected chi connectivity index (χ1v) is 28.4. The lowest BCUT2D eigenvalue weighted by Crippen LogP contribution is -2.56. The summed E-state index contributed by atoms with van der Waals surface area (Å²) < 4.78 is 61.1. The third-order valence-corrected chi connectivity index (χ3v) is 19.7. The molecule has 1 saturated heterocycles. The van der Waals surface area contributed by atoms with Crippen LogP contribution < -0.4 is 25.2 Å². The Morgan fingerprint density at radius 1 is 0.712 bits per heavy atom. The number of hydrogen-bond acceptors (Lipinski definition) is 12. The van der Waals surface area contributed by atoms with E-state index in [9.17, 15) is 9.69 Å². The molecule has 9 rings (SSSR count). The third-order valence-electron chi connectivity index (χ3n) is 13.4. The Bertz CT molecular complexity index is 3020. The fourth-order valence-corrected chi connectivity index (χ4v) is 15.9. The lowest BCUT2D eigenvalue weighted by molar-refractivity contribution is -0.0966. The Balaban J connectivity index is 1.13. The Morgan fingerprint density at radius 2 is 1.26 bits per heavy atom. The summed E-state index contributed by atoms with van der Waals surface area (Å²) in [4.78, 5) is 39.3. The maximum atomic E-state index is 15.0. The quantitative estimate of drug-likeness (QED) is 0.0287. The van der Waals surface area contributed by atoms with Crippen LogP contribution in [-0.2, 0) is 33.6 Å². The van der Waals surface area contributed by atoms with Crippen LogP contribution in [0, 0.1) is 0 Å². The largest absolute Gasteiger partial charge is 0.497 e. The van der Waals surface area contributed by atoms with Crippen LogP contribution in [0.1, 0.15) is 33.3 Å². The number of benzene rings is 6. The van der Waals surface area contributed by atoms with E-state index in [1.807, 2.05) is 121 Å². The molecule has 1 fully saturated rings. The summed E-state index contributed by atoms with van der Waals surface area (Å²) in [5.41, 5.74) is 2.06. The van der Waals surface area contributed by atoms with Crippen molar-refractivity contribution in [1.29, 1.82) is 0 Å². The highest BCUT2D eigenvalue weighted by Gasteiger charge is 2.52. The normalized spacial score (nSPS) is 17.8. The third kappa shape index (κ3) is 11.1. The van der Waals surface area contributed by atoms with Crippen LogP contribution in [-0.4, -0.2) is 104 Å². The lowest BCUT2D eigenvalue weighted by atomic mass is 9.80. The molecule has 1 amide bonds. The summed E-state index contributed by atoms with van der Waals surface area (Å²) >= 11 is 0. The molecule has 3 heterocycles. The van der Waals surface area contributed by atoms with Crippen LogP contribution in [0.4, 0.5) is 5.82 Å². The van der Waals surface area contributed by atoms with Gasteiger partial charge in [-0.1, -0.05) is 150 Å². The van der Waals surface area contributed by atoms with Crippen molar-refractivity contribution in [3.63, 3.8) is 0 Å². The smallest absolute Gasteiger partial charge is 0.328 e. The second-order valence-electron chi connectivity index (χ2n) is 17.8. The van der Waals surface area contributed by atoms with Gasteiger partial charge in [0.05, 0.1) is 40.4 Å². The van der Waals surface area contributed by atoms with Gasteiger partial charge in [0, 0.05) is 18.8 Å². The number of hydrogen-bond donors (Lipinski definition) is 2. The van der Waals surface area contributed by atoms with Gasteiger partial charge >= 0.3 is 7.60 Å². The number of imidazole rings is 1. The van der Waals surface area contributed by atoms with Crippen LogP contribution in [0.3, 0.4) is 0 Å². The number of rotatable bonds is 22. The molecule has 0 bridgehead atoms. The van der Waals surface area contributed by atoms with E-state index >= 15 is 4.57 Å². The van der Waals surface area contributed by atoms with E-state index in [2.05, 4.69) is 51.1 Å². The van der Waals surface area contributed by atoms with Gasteiger partial charge in [0.15, 0.2) is 23.2 Å². The van der Waals surface area contributed by atoms with Crippen LogP contribution >= 0.6 is 7.60 Å². The molecule has 0 radical (unpaired) electrons. The van der Waals surface area contributed by atoms with Gasteiger partial charge in [-0.2, -0.15) is 0 Å². The van der Waals surface area contributed by atoms with Crippen LogP contribution in [0.15, 0.2) is 183 Å². The molecule has 376 valence electrons. The fraction of sp³-hybridized carbons (Fsp3) is 0.250. The Labute approximate surface area is 425 Å². The highest BCUT2D eigenvalue weighted by molar-refractivity contribution is 7.53. The summed E-state index contributed by atoms with van der Waals surface area (Å²) in [7, 11) is -2.32. The second kappa shape index (κ2) is 22.9. The first-order chi connectivity index (χ1) is 35.6. The van der Waals surface area contributed by atoms with Gasteiger partial charge in [-0.25, -0.2) is 15.0 Å². The first-order valence-electron chi connectivity index (χ1n) is 24.0. The van der Waals surface area contributed by atoms with E-state index in [1.54, 1.807) is 50.2 Å². The molecule has 5 atom stereocenters. The number of aromatic nitrogens is 4. The maximum Gasteiger partial charge on any atom is 0.328 e. The highest BCUT2D eigenvalue weighted by Crippen LogP contribution is 2.51. The number of carbonyl (C=O) groups excluding carboxylic acids is 1. The minimum absolute atomic E-state index is 0.0723. The van der Waals surface area contributed by atoms with Gasteiger partial charge in [-0.3, -0.25) is 18.5 Å². The van der Waals surface area contributed by atoms with Crippen molar-refractivity contribution in [3.8, 4) is 11.5 Å². The zero-order chi connectivity index (χ0) is 50.8. The van der Waals surface area contributed by atoms with Crippen molar-refractivity contribution in [2.24, 2.45) is 0 Å². The lowest BCUT2D eigenvalue weighted by Gasteiger charge is -2.37. The predicted molar refractivity (Wildman–Crippen MR) is 282 cm³/mol. The van der Waals surface area contributed by atoms with E-state index in [4.69, 9.17) is 32.9 Å². The van der Waals surface area contributed by atoms with Gasteiger partial charge in [-0.05, 0) is 59.1 Å². The van der Waals surface area contributed by atoms with Crippen LogP contribution in [0.25, 0.3) is 11.2 Å². The summed E-state index contributed by atoms with van der Waals surface area (Å²) in [6.07, 6.45) is -1.69. The average molecular weight is 1020 g/mol. The molecule has 8 aromatic rings. The van der Waals surface area contributed by atoms with Crippen molar-refractivity contribution >= 4 is 48.9 Å². The van der Waals surface area contributed by atoms with Gasteiger partial charge in [-0.15, -0.1) is 0 Å². The first kappa shape index (κ1) is 51.1. The minimum Gasteiger partial charge on any atom is -0.497 e. The number of nitrogens with one attached hydrogen (secondary N) is 1. The average Bonchev–Trinajstić information content (AvgIpc) is 4.02. The molecule has 1 aliphatic heterocycles. The summed E-state index contributed by atoms with van der Waals surface area (Å²) in [6.45, 7) is 2.30. The van der Waals surface area contributed by atoms with Crippen molar-refractivity contribution in [2.45, 2.75) is 42.7 Å². The van der Waals surface area contributed by atoms with Crippen LogP contribution in [0.5, 0.6) is 11.5 Å². The monoisotopic (exact) mass is 1020 g/mol. The molecular formula is C56H58N5O10PSi. The van der Waals surface area contributed by atoms with Gasteiger partial charge < -0.3 is 38.6 Å². The Hall–Kier alpha value is -6.85. The van der Waals surface area contributed by atoms with Gasteiger partial charge in [0.2, 0.25) is 0 Å². The molecule has 15 nitrogen and oxygen atoms in total. The van der Waals surface area contributed by atoms with Crippen LogP contribution in [0.2, 0.25) is 12.6 Å². The molecule has 1 unspecified atom stereocenters. The zero-order valence-corrected chi connectivity index (χ0v) is 42.9. The van der Waals surface area contributed by atoms with E-state index in [1.165, 1.54) is 12.7 Å². The molecule has 6 aromatic carbocycles. The molecule has 0 saturated carbocycles. The second-order valence-corrected chi connectivity index (χ2v) is 24.1. The molecule has 17 heteroatoms. The number of anilines is 1. The molecule has 0 aliphatic carbocycles.